The number of hydrogen-bond acceptors (Lipinski definition) is 3. The molecule has 0 bridgehead atoms. The number of carbonyl (C=O) groups is 1. The van der Waals surface area contributed by atoms with Crippen molar-refractivity contribution in [1.82, 2.24) is 0 Å². The SMILES string of the molecule is Nc1cccc(NCC=O)c1. The molecule has 0 atom stereocenters. The van der Waals surface area contributed by atoms with Crippen molar-refractivity contribution in [2.45, 2.75) is 0 Å². The van der Waals surface area contributed by atoms with Gasteiger partial charge in [0.1, 0.15) is 6.29 Å². The Morgan fingerprint density at radius 3 is 3.00 bits per heavy atom. The van der Waals surface area contributed by atoms with Crippen molar-refractivity contribution in [2.75, 3.05) is 17.6 Å². The van der Waals surface area contributed by atoms with Crippen LogP contribution in [0.25, 0.3) is 0 Å². The highest BCUT2D eigenvalue weighted by Crippen LogP contribution is 2.10. The number of aldehydes is 1. The molecule has 0 radical (unpaired) electrons. The number of rotatable bonds is 3. The van der Waals surface area contributed by atoms with Gasteiger partial charge in [0, 0.05) is 11.4 Å². The standard InChI is InChI=1S/C8H10N2O/c9-7-2-1-3-8(6-7)10-4-5-11/h1-3,5-6,10H,4,9H2. The minimum Gasteiger partial charge on any atom is -0.399 e. The lowest BCUT2D eigenvalue weighted by Gasteiger charge is -2.01. The third kappa shape index (κ3) is 2.29. The first-order valence-corrected chi connectivity index (χ1v) is 3.36. The Morgan fingerprint density at radius 1 is 1.55 bits per heavy atom. The largest absolute Gasteiger partial charge is 0.399 e. The molecule has 58 valence electrons. The average Bonchev–Trinajstić information content (AvgIpc) is 2.01. The van der Waals surface area contributed by atoms with Crippen molar-refractivity contribution in [3.05, 3.63) is 24.3 Å². The first-order valence-electron chi connectivity index (χ1n) is 3.36. The molecule has 0 fully saturated rings. The number of nitrogens with one attached hydrogen (secondary N) is 1. The monoisotopic (exact) mass is 150 g/mol. The van der Waals surface area contributed by atoms with Crippen LogP contribution in [0.3, 0.4) is 0 Å². The van der Waals surface area contributed by atoms with Gasteiger partial charge in [-0.25, -0.2) is 0 Å². The van der Waals surface area contributed by atoms with E-state index in [1.807, 2.05) is 12.1 Å². The van der Waals surface area contributed by atoms with Crippen LogP contribution >= 0.6 is 0 Å². The van der Waals surface area contributed by atoms with E-state index in [2.05, 4.69) is 5.32 Å². The van der Waals surface area contributed by atoms with Crippen LogP contribution < -0.4 is 11.1 Å². The van der Waals surface area contributed by atoms with Gasteiger partial charge in [-0.3, -0.25) is 0 Å². The lowest BCUT2D eigenvalue weighted by Crippen LogP contribution is -2.01. The fourth-order valence-corrected chi connectivity index (χ4v) is 0.808. The van der Waals surface area contributed by atoms with Crippen molar-refractivity contribution < 1.29 is 4.79 Å². The second-order valence-electron chi connectivity index (χ2n) is 2.17. The normalized spacial score (nSPS) is 9.09. The smallest absolute Gasteiger partial charge is 0.139 e. The lowest BCUT2D eigenvalue weighted by atomic mass is 10.3. The molecule has 1 aromatic rings. The van der Waals surface area contributed by atoms with Crippen molar-refractivity contribution in [3.63, 3.8) is 0 Å². The van der Waals surface area contributed by atoms with Crippen LogP contribution in [0.4, 0.5) is 11.4 Å². The van der Waals surface area contributed by atoms with E-state index in [0.29, 0.717) is 12.2 Å². The quantitative estimate of drug-likeness (QED) is 0.496. The number of anilines is 2. The molecule has 0 heterocycles. The zero-order chi connectivity index (χ0) is 8.10. The maximum Gasteiger partial charge on any atom is 0.139 e. The lowest BCUT2D eigenvalue weighted by molar-refractivity contribution is -0.106. The van der Waals surface area contributed by atoms with E-state index < -0.39 is 0 Å². The number of benzene rings is 1. The molecule has 0 saturated heterocycles. The van der Waals surface area contributed by atoms with Crippen LogP contribution in [-0.4, -0.2) is 12.8 Å². The van der Waals surface area contributed by atoms with Gasteiger partial charge < -0.3 is 15.8 Å². The fraction of sp³-hybridized carbons (Fsp3) is 0.125. The van der Waals surface area contributed by atoms with Gasteiger partial charge >= 0.3 is 0 Å². The Labute approximate surface area is 65.2 Å². The first-order chi connectivity index (χ1) is 5.33. The highest BCUT2D eigenvalue weighted by Gasteiger charge is 1.89. The second kappa shape index (κ2) is 3.61. The zero-order valence-corrected chi connectivity index (χ0v) is 6.08. The topological polar surface area (TPSA) is 55.1 Å². The number of nitrogen functional groups attached to an aromatic ring is 1. The van der Waals surface area contributed by atoms with Crippen molar-refractivity contribution in [2.24, 2.45) is 0 Å². The third-order valence-corrected chi connectivity index (χ3v) is 1.28. The van der Waals surface area contributed by atoms with E-state index in [1.54, 1.807) is 12.1 Å². The predicted octanol–water partition coefficient (Wildman–Crippen LogP) is 0.880. The van der Waals surface area contributed by atoms with Crippen LogP contribution in [-0.2, 0) is 4.79 Å². The molecule has 3 N–H and O–H groups in total. The summed E-state index contributed by atoms with van der Waals surface area (Å²) in [4.78, 5) is 9.97. The second-order valence-corrected chi connectivity index (χ2v) is 2.17. The molecule has 0 aliphatic carbocycles. The van der Waals surface area contributed by atoms with Crippen LogP contribution in [0.1, 0.15) is 0 Å². The van der Waals surface area contributed by atoms with Gasteiger partial charge in [0.15, 0.2) is 0 Å². The molecule has 1 rings (SSSR count). The van der Waals surface area contributed by atoms with Gasteiger partial charge in [-0.15, -0.1) is 0 Å². The number of nitrogens with two attached hydrogens (primary N) is 1. The summed E-state index contributed by atoms with van der Waals surface area (Å²) in [6, 6.07) is 7.28. The number of carbonyl (C=O) groups excluding carboxylic acids is 1. The highest BCUT2D eigenvalue weighted by molar-refractivity contribution is 5.61. The van der Waals surface area contributed by atoms with Gasteiger partial charge in [0.25, 0.3) is 0 Å². The van der Waals surface area contributed by atoms with Crippen LogP contribution in [0.5, 0.6) is 0 Å². The Kier molecular flexibility index (Phi) is 2.49. The maximum absolute atomic E-state index is 9.97. The van der Waals surface area contributed by atoms with Crippen LogP contribution in [0.15, 0.2) is 24.3 Å². The van der Waals surface area contributed by atoms with Crippen molar-refractivity contribution in [1.29, 1.82) is 0 Å². The molecule has 0 unspecified atom stereocenters. The Bertz CT molecular complexity index is 248. The molecular formula is C8H10N2O. The summed E-state index contributed by atoms with van der Waals surface area (Å²) in [7, 11) is 0. The molecule has 0 saturated carbocycles. The predicted molar refractivity (Wildman–Crippen MR) is 45.4 cm³/mol. The van der Waals surface area contributed by atoms with Crippen molar-refractivity contribution >= 4 is 17.7 Å². The minimum absolute atomic E-state index is 0.323. The fourth-order valence-electron chi connectivity index (χ4n) is 0.808. The molecule has 0 spiro atoms. The maximum atomic E-state index is 9.97. The Balaban J connectivity index is 2.63. The van der Waals surface area contributed by atoms with Gasteiger partial charge in [-0.2, -0.15) is 0 Å². The summed E-state index contributed by atoms with van der Waals surface area (Å²) in [5, 5.41) is 2.89. The Hall–Kier alpha value is -1.51. The highest BCUT2D eigenvalue weighted by atomic mass is 16.1. The van der Waals surface area contributed by atoms with Crippen LogP contribution in [0, 0.1) is 0 Å². The van der Waals surface area contributed by atoms with Gasteiger partial charge in [-0.1, -0.05) is 6.07 Å². The summed E-state index contributed by atoms with van der Waals surface area (Å²) in [5.74, 6) is 0. The molecule has 0 amide bonds. The summed E-state index contributed by atoms with van der Waals surface area (Å²) in [6.07, 6.45) is 0.809. The van der Waals surface area contributed by atoms with Crippen molar-refractivity contribution in [3.8, 4) is 0 Å². The minimum atomic E-state index is 0.323. The Morgan fingerprint density at radius 2 is 2.36 bits per heavy atom. The average molecular weight is 150 g/mol. The van der Waals surface area contributed by atoms with Gasteiger partial charge in [-0.05, 0) is 18.2 Å². The molecule has 0 aliphatic rings. The number of hydrogen-bond donors (Lipinski definition) is 2. The van der Waals surface area contributed by atoms with E-state index in [-0.39, 0.29) is 0 Å². The summed E-state index contributed by atoms with van der Waals surface area (Å²) < 4.78 is 0. The van der Waals surface area contributed by atoms with E-state index in [9.17, 15) is 4.79 Å². The summed E-state index contributed by atoms with van der Waals surface area (Å²) in [5.41, 5.74) is 7.07. The first kappa shape index (κ1) is 7.60. The summed E-state index contributed by atoms with van der Waals surface area (Å²) in [6.45, 7) is 0.323. The molecular weight excluding hydrogens is 140 g/mol. The zero-order valence-electron chi connectivity index (χ0n) is 6.08. The molecule has 3 heteroatoms. The van der Waals surface area contributed by atoms with E-state index >= 15 is 0 Å². The van der Waals surface area contributed by atoms with Gasteiger partial charge in [0.05, 0.1) is 6.54 Å². The molecule has 11 heavy (non-hydrogen) atoms. The summed E-state index contributed by atoms with van der Waals surface area (Å²) >= 11 is 0. The van der Waals surface area contributed by atoms with E-state index in [0.717, 1.165) is 12.0 Å². The molecule has 3 nitrogen and oxygen atoms in total. The van der Waals surface area contributed by atoms with Crippen LogP contribution in [0.2, 0.25) is 0 Å². The molecule has 1 aromatic carbocycles. The van der Waals surface area contributed by atoms with Gasteiger partial charge in [0.2, 0.25) is 0 Å². The van der Waals surface area contributed by atoms with E-state index in [4.69, 9.17) is 5.73 Å². The molecule has 0 aromatic heterocycles. The molecule has 0 aliphatic heterocycles. The third-order valence-electron chi connectivity index (χ3n) is 1.28. The van der Waals surface area contributed by atoms with E-state index in [1.165, 1.54) is 0 Å².